The molecule has 24 heavy (non-hydrogen) atoms. The summed E-state index contributed by atoms with van der Waals surface area (Å²) in [6.07, 6.45) is 1.56. The Morgan fingerprint density at radius 1 is 1.38 bits per heavy atom. The lowest BCUT2D eigenvalue weighted by Gasteiger charge is -2.25. The number of nitrogens with zero attached hydrogens (tertiary/aromatic N) is 2. The number of ketones is 1. The molecule has 1 aliphatic carbocycles. The zero-order valence-electron chi connectivity index (χ0n) is 13.8. The van der Waals surface area contributed by atoms with Crippen molar-refractivity contribution in [1.29, 1.82) is 0 Å². The Morgan fingerprint density at radius 2 is 2.12 bits per heavy atom. The van der Waals surface area contributed by atoms with Gasteiger partial charge < -0.3 is 5.32 Å². The molecule has 1 fully saturated rings. The maximum Gasteiger partial charge on any atom is 0.264 e. The van der Waals surface area contributed by atoms with E-state index >= 15 is 0 Å². The molecule has 6 heteroatoms. The Balaban J connectivity index is 2.22. The third kappa shape index (κ3) is 2.75. The molecule has 1 saturated carbocycles. The van der Waals surface area contributed by atoms with Gasteiger partial charge in [0.1, 0.15) is 5.82 Å². The number of allylic oxidation sites excluding steroid dienone is 1. The average molecular weight is 325 g/mol. The topological polar surface area (TPSA) is 81.1 Å². The summed E-state index contributed by atoms with van der Waals surface area (Å²) in [5.74, 6) is 0.215. The summed E-state index contributed by atoms with van der Waals surface area (Å²) in [6.45, 7) is 6.97. The molecule has 0 radical (unpaired) electrons. The molecule has 0 spiro atoms. The third-order valence-electron chi connectivity index (χ3n) is 4.30. The minimum atomic E-state index is -0.523. The summed E-state index contributed by atoms with van der Waals surface area (Å²) in [6, 6.07) is 4.60. The van der Waals surface area contributed by atoms with Gasteiger partial charge in [-0.1, -0.05) is 18.2 Å². The zero-order valence-corrected chi connectivity index (χ0v) is 13.8. The number of hydrogen-bond donors (Lipinski definition) is 1. The van der Waals surface area contributed by atoms with Gasteiger partial charge in [-0.15, -0.1) is 0 Å². The van der Waals surface area contributed by atoms with E-state index in [1.807, 2.05) is 0 Å². The van der Waals surface area contributed by atoms with Crippen molar-refractivity contribution in [1.82, 2.24) is 9.55 Å². The summed E-state index contributed by atoms with van der Waals surface area (Å²) in [4.78, 5) is 41.3. The molecule has 1 aromatic carbocycles. The number of aryl methyl sites for hydroxylation is 1. The van der Waals surface area contributed by atoms with Gasteiger partial charge in [0.05, 0.1) is 22.6 Å². The Bertz CT molecular complexity index is 927. The van der Waals surface area contributed by atoms with Gasteiger partial charge in [0.2, 0.25) is 5.91 Å². The lowest BCUT2D eigenvalue weighted by Crippen LogP contribution is -2.34. The first kappa shape index (κ1) is 16.1. The van der Waals surface area contributed by atoms with E-state index in [9.17, 15) is 14.4 Å². The van der Waals surface area contributed by atoms with E-state index in [-0.39, 0.29) is 17.2 Å². The minimum absolute atomic E-state index is 0.0189. The van der Waals surface area contributed by atoms with Crippen molar-refractivity contribution >= 4 is 28.3 Å². The molecule has 1 aromatic heterocycles. The van der Waals surface area contributed by atoms with E-state index in [2.05, 4.69) is 16.9 Å². The second kappa shape index (κ2) is 6.03. The van der Waals surface area contributed by atoms with Crippen molar-refractivity contribution in [2.75, 3.05) is 5.32 Å². The number of benzene rings is 1. The van der Waals surface area contributed by atoms with Crippen LogP contribution in [0.4, 0.5) is 5.69 Å². The van der Waals surface area contributed by atoms with Gasteiger partial charge in [0.25, 0.3) is 5.56 Å². The molecule has 1 N–H and O–H groups in total. The van der Waals surface area contributed by atoms with Crippen molar-refractivity contribution in [3.05, 3.63) is 46.5 Å². The highest BCUT2D eigenvalue weighted by Crippen LogP contribution is 2.29. The SMILES string of the molecule is C=C1CCC(n2c(C)nc3cccc(NC(C)=O)c3c2=O)C(=O)C1. The number of carbonyl (C=O) groups excluding carboxylic acids is 2. The number of Topliss-reactive ketones (excluding diaryl/α,β-unsaturated/α-hetero) is 1. The van der Waals surface area contributed by atoms with Crippen LogP contribution in [-0.4, -0.2) is 21.2 Å². The Kier molecular flexibility index (Phi) is 4.05. The van der Waals surface area contributed by atoms with Crippen LogP contribution in [0.2, 0.25) is 0 Å². The van der Waals surface area contributed by atoms with Crippen LogP contribution >= 0.6 is 0 Å². The molecule has 1 unspecified atom stereocenters. The average Bonchev–Trinajstić information content (AvgIpc) is 2.48. The number of rotatable bonds is 2. The van der Waals surface area contributed by atoms with E-state index in [1.165, 1.54) is 11.5 Å². The first-order valence-electron chi connectivity index (χ1n) is 7.87. The van der Waals surface area contributed by atoms with E-state index in [0.717, 1.165) is 5.57 Å². The number of nitrogens with one attached hydrogen (secondary N) is 1. The third-order valence-corrected chi connectivity index (χ3v) is 4.30. The van der Waals surface area contributed by atoms with Gasteiger partial charge in [0.15, 0.2) is 5.78 Å². The predicted molar refractivity (Wildman–Crippen MR) is 92.1 cm³/mol. The maximum absolute atomic E-state index is 13.1. The van der Waals surface area contributed by atoms with Crippen LogP contribution in [0, 0.1) is 6.92 Å². The molecule has 0 aliphatic heterocycles. The molecule has 0 bridgehead atoms. The van der Waals surface area contributed by atoms with Crippen molar-refractivity contribution in [3.8, 4) is 0 Å². The van der Waals surface area contributed by atoms with Crippen molar-refractivity contribution < 1.29 is 9.59 Å². The van der Waals surface area contributed by atoms with Gasteiger partial charge in [-0.25, -0.2) is 4.98 Å². The summed E-state index contributed by atoms with van der Waals surface area (Å²) >= 11 is 0. The van der Waals surface area contributed by atoms with Crippen LogP contribution in [0.3, 0.4) is 0 Å². The zero-order chi connectivity index (χ0) is 17.4. The van der Waals surface area contributed by atoms with Crippen molar-refractivity contribution in [2.24, 2.45) is 0 Å². The monoisotopic (exact) mass is 325 g/mol. The molecule has 124 valence electrons. The van der Waals surface area contributed by atoms with Crippen LogP contribution in [0.15, 0.2) is 35.1 Å². The molecular formula is C18H19N3O3. The van der Waals surface area contributed by atoms with Crippen LogP contribution < -0.4 is 10.9 Å². The van der Waals surface area contributed by atoms with E-state index < -0.39 is 6.04 Å². The van der Waals surface area contributed by atoms with E-state index in [4.69, 9.17) is 0 Å². The number of hydrogen-bond acceptors (Lipinski definition) is 4. The van der Waals surface area contributed by atoms with E-state index in [0.29, 0.717) is 41.7 Å². The largest absolute Gasteiger partial charge is 0.326 e. The number of anilines is 1. The molecular weight excluding hydrogens is 306 g/mol. The molecule has 1 aliphatic rings. The first-order valence-corrected chi connectivity index (χ1v) is 7.87. The normalized spacial score (nSPS) is 18.0. The maximum atomic E-state index is 13.1. The van der Waals surface area contributed by atoms with Gasteiger partial charge in [-0.05, 0) is 31.9 Å². The van der Waals surface area contributed by atoms with Gasteiger partial charge >= 0.3 is 0 Å². The fourth-order valence-corrected chi connectivity index (χ4v) is 3.24. The number of fused-ring (bicyclic) bond motifs is 1. The fourth-order valence-electron chi connectivity index (χ4n) is 3.24. The number of amides is 1. The molecule has 0 saturated heterocycles. The minimum Gasteiger partial charge on any atom is -0.326 e. The lowest BCUT2D eigenvalue weighted by molar-refractivity contribution is -0.122. The van der Waals surface area contributed by atoms with Crippen molar-refractivity contribution in [3.63, 3.8) is 0 Å². The van der Waals surface area contributed by atoms with Crippen LogP contribution in [0.1, 0.15) is 38.1 Å². The summed E-state index contributed by atoms with van der Waals surface area (Å²) < 4.78 is 1.46. The molecule has 3 rings (SSSR count). The molecule has 1 heterocycles. The number of carbonyl (C=O) groups is 2. The number of aromatic nitrogens is 2. The summed E-state index contributed by atoms with van der Waals surface area (Å²) in [5.41, 5.74) is 1.52. The molecule has 1 atom stereocenters. The van der Waals surface area contributed by atoms with E-state index in [1.54, 1.807) is 25.1 Å². The van der Waals surface area contributed by atoms with Gasteiger partial charge in [-0.2, -0.15) is 0 Å². The molecule has 2 aromatic rings. The van der Waals surface area contributed by atoms with Gasteiger partial charge in [0, 0.05) is 13.3 Å². The predicted octanol–water partition coefficient (Wildman–Crippen LogP) is 2.51. The standard InChI is InChI=1S/C18H19N3O3/c1-10-7-8-15(16(23)9-10)21-11(2)19-13-5-4-6-14(20-12(3)22)17(13)18(21)24/h4-6,15H,1,7-9H2,2-3H3,(H,20,22). The van der Waals surface area contributed by atoms with Crippen molar-refractivity contribution in [2.45, 2.75) is 39.2 Å². The summed E-state index contributed by atoms with van der Waals surface area (Å²) in [7, 11) is 0. The highest BCUT2D eigenvalue weighted by atomic mass is 16.2. The summed E-state index contributed by atoms with van der Waals surface area (Å²) in [5, 5.41) is 2.99. The Hall–Kier alpha value is -2.76. The quantitative estimate of drug-likeness (QED) is 0.860. The molecule has 6 nitrogen and oxygen atoms in total. The highest BCUT2D eigenvalue weighted by molar-refractivity contribution is 6.00. The Morgan fingerprint density at radius 3 is 2.79 bits per heavy atom. The van der Waals surface area contributed by atoms with Gasteiger partial charge in [-0.3, -0.25) is 19.0 Å². The lowest BCUT2D eigenvalue weighted by atomic mass is 9.90. The molecule has 1 amide bonds. The fraction of sp³-hybridized carbons (Fsp3) is 0.333. The van der Waals surface area contributed by atoms with Crippen LogP contribution in [-0.2, 0) is 9.59 Å². The smallest absolute Gasteiger partial charge is 0.264 e. The second-order valence-corrected chi connectivity index (χ2v) is 6.16. The van der Waals surface area contributed by atoms with Crippen LogP contribution in [0.25, 0.3) is 10.9 Å². The first-order chi connectivity index (χ1) is 11.4. The Labute approximate surface area is 139 Å². The van der Waals surface area contributed by atoms with Crippen LogP contribution in [0.5, 0.6) is 0 Å². The highest BCUT2D eigenvalue weighted by Gasteiger charge is 2.28. The second-order valence-electron chi connectivity index (χ2n) is 6.16.